The van der Waals surface area contributed by atoms with Gasteiger partial charge in [-0.1, -0.05) is 51.1 Å². The molecule has 3 aromatic carbocycles. The van der Waals surface area contributed by atoms with Gasteiger partial charge in [0.15, 0.2) is 0 Å². The first-order valence-electron chi connectivity index (χ1n) is 11.8. The van der Waals surface area contributed by atoms with Crippen LogP contribution in [0.4, 0.5) is 5.69 Å². The summed E-state index contributed by atoms with van der Waals surface area (Å²) in [5, 5.41) is 2.76. The molecule has 7 nitrogen and oxygen atoms in total. The van der Waals surface area contributed by atoms with E-state index in [1.165, 1.54) is 5.56 Å². The van der Waals surface area contributed by atoms with Gasteiger partial charge >= 0.3 is 0 Å². The van der Waals surface area contributed by atoms with Crippen LogP contribution in [0.25, 0.3) is 0 Å². The Hall–Kier alpha value is -3.52. The molecule has 36 heavy (non-hydrogen) atoms. The smallest absolute Gasteiger partial charge is 0.243 e. The maximum atomic E-state index is 12.8. The molecule has 0 aliphatic carbocycles. The van der Waals surface area contributed by atoms with Gasteiger partial charge in [0.1, 0.15) is 29.9 Å². The number of amides is 1. The Balaban J connectivity index is 1.58. The molecular weight excluding hydrogens is 476 g/mol. The van der Waals surface area contributed by atoms with Crippen LogP contribution in [0.2, 0.25) is 0 Å². The van der Waals surface area contributed by atoms with E-state index in [9.17, 15) is 13.2 Å². The molecule has 0 saturated heterocycles. The number of nitrogens with zero attached hydrogens (tertiary/aromatic N) is 1. The number of benzene rings is 3. The second-order valence-corrected chi connectivity index (χ2v) is 11.4. The molecular formula is C28H34N2O5S. The van der Waals surface area contributed by atoms with Crippen molar-refractivity contribution in [2.75, 3.05) is 23.7 Å². The van der Waals surface area contributed by atoms with Gasteiger partial charge in [-0.2, -0.15) is 0 Å². The van der Waals surface area contributed by atoms with E-state index in [0.29, 0.717) is 22.9 Å². The fourth-order valence-corrected chi connectivity index (χ4v) is 4.81. The third kappa shape index (κ3) is 7.49. The van der Waals surface area contributed by atoms with E-state index < -0.39 is 22.0 Å². The van der Waals surface area contributed by atoms with Crippen LogP contribution in [-0.4, -0.2) is 39.8 Å². The van der Waals surface area contributed by atoms with Crippen LogP contribution < -0.4 is 19.1 Å². The minimum atomic E-state index is -3.72. The lowest BCUT2D eigenvalue weighted by Gasteiger charge is -2.28. The zero-order valence-corrected chi connectivity index (χ0v) is 22.2. The molecule has 0 fully saturated rings. The zero-order chi connectivity index (χ0) is 26.3. The average Bonchev–Trinajstić information content (AvgIpc) is 2.82. The van der Waals surface area contributed by atoms with Crippen LogP contribution in [0.15, 0.2) is 78.9 Å². The summed E-state index contributed by atoms with van der Waals surface area (Å²) in [5.74, 6) is 1.52. The number of ether oxygens (including phenoxy) is 2. The molecule has 1 atom stereocenters. The highest BCUT2D eigenvalue weighted by molar-refractivity contribution is 7.92. The van der Waals surface area contributed by atoms with Crippen molar-refractivity contribution < 1.29 is 22.7 Å². The van der Waals surface area contributed by atoms with E-state index in [-0.39, 0.29) is 18.6 Å². The van der Waals surface area contributed by atoms with E-state index in [1.54, 1.807) is 31.2 Å². The molecule has 0 unspecified atom stereocenters. The summed E-state index contributed by atoms with van der Waals surface area (Å²) in [5.41, 5.74) is 1.64. The van der Waals surface area contributed by atoms with Crippen LogP contribution in [0.3, 0.4) is 0 Å². The molecule has 0 aliphatic rings. The van der Waals surface area contributed by atoms with Crippen molar-refractivity contribution in [1.29, 1.82) is 0 Å². The Morgan fingerprint density at radius 3 is 2.00 bits per heavy atom. The van der Waals surface area contributed by atoms with Crippen molar-refractivity contribution in [2.45, 2.75) is 39.2 Å². The van der Waals surface area contributed by atoms with Crippen molar-refractivity contribution in [2.24, 2.45) is 0 Å². The van der Waals surface area contributed by atoms with E-state index in [1.807, 2.05) is 54.6 Å². The monoisotopic (exact) mass is 510 g/mol. The molecule has 0 bridgehead atoms. The Bertz CT molecular complexity index is 1240. The summed E-state index contributed by atoms with van der Waals surface area (Å²) in [4.78, 5) is 12.8. The van der Waals surface area contributed by atoms with Crippen LogP contribution in [-0.2, 0) is 20.2 Å². The maximum Gasteiger partial charge on any atom is 0.243 e. The molecule has 192 valence electrons. The Labute approximate surface area is 214 Å². The predicted molar refractivity (Wildman–Crippen MR) is 143 cm³/mol. The Morgan fingerprint density at radius 1 is 0.889 bits per heavy atom. The van der Waals surface area contributed by atoms with Crippen LogP contribution >= 0.6 is 0 Å². The molecule has 0 saturated carbocycles. The van der Waals surface area contributed by atoms with Crippen LogP contribution in [0.1, 0.15) is 33.3 Å². The molecule has 1 amide bonds. The molecule has 3 rings (SSSR count). The van der Waals surface area contributed by atoms with Crippen LogP contribution in [0.5, 0.6) is 17.2 Å². The number of para-hydroxylation sites is 1. The van der Waals surface area contributed by atoms with Gasteiger partial charge in [-0.25, -0.2) is 8.42 Å². The number of hydrogen-bond acceptors (Lipinski definition) is 5. The first-order valence-corrected chi connectivity index (χ1v) is 13.6. The van der Waals surface area contributed by atoms with Gasteiger partial charge in [-0.05, 0) is 66.4 Å². The van der Waals surface area contributed by atoms with E-state index >= 15 is 0 Å². The van der Waals surface area contributed by atoms with Gasteiger partial charge in [0.05, 0.1) is 18.5 Å². The van der Waals surface area contributed by atoms with Crippen molar-refractivity contribution >= 4 is 21.6 Å². The lowest BCUT2D eigenvalue weighted by molar-refractivity contribution is -0.121. The maximum absolute atomic E-state index is 12.8. The summed E-state index contributed by atoms with van der Waals surface area (Å²) in [7, 11) is -3.72. The van der Waals surface area contributed by atoms with Crippen molar-refractivity contribution in [3.05, 3.63) is 84.4 Å². The minimum Gasteiger partial charge on any atom is -0.492 e. The summed E-state index contributed by atoms with van der Waals surface area (Å²) in [6.07, 6.45) is 1.08. The van der Waals surface area contributed by atoms with Gasteiger partial charge in [0, 0.05) is 0 Å². The van der Waals surface area contributed by atoms with E-state index in [2.05, 4.69) is 26.1 Å². The normalized spacial score (nSPS) is 12.5. The minimum absolute atomic E-state index is 0.0589. The lowest BCUT2D eigenvalue weighted by atomic mass is 9.87. The number of anilines is 1. The standard InChI is InChI=1S/C28H34N2O5S/c1-21(27(31)29-19-20-34-24-15-11-22(12-16-24)28(2,3)4)30(36(5,32)33)23-13-17-26(18-14-23)35-25-9-7-6-8-10-25/h6-18,21H,19-20H2,1-5H3,(H,29,31)/t21-/m1/s1. The molecule has 3 aromatic rings. The third-order valence-electron chi connectivity index (χ3n) is 5.55. The first-order chi connectivity index (χ1) is 16.9. The Morgan fingerprint density at radius 2 is 1.44 bits per heavy atom. The van der Waals surface area contributed by atoms with Gasteiger partial charge < -0.3 is 14.8 Å². The van der Waals surface area contributed by atoms with Crippen molar-refractivity contribution in [3.63, 3.8) is 0 Å². The summed E-state index contributed by atoms with van der Waals surface area (Å²) in [6.45, 7) is 8.49. The SMILES string of the molecule is C[C@H](C(=O)NCCOc1ccc(C(C)(C)C)cc1)N(c1ccc(Oc2ccccc2)cc1)S(C)(=O)=O. The third-order valence-corrected chi connectivity index (χ3v) is 6.79. The van der Waals surface area contributed by atoms with E-state index in [4.69, 9.17) is 9.47 Å². The number of rotatable bonds is 10. The molecule has 0 heterocycles. The lowest BCUT2D eigenvalue weighted by Crippen LogP contribution is -2.48. The quantitative estimate of drug-likeness (QED) is 0.383. The fraction of sp³-hybridized carbons (Fsp3) is 0.321. The molecule has 0 aliphatic heterocycles. The van der Waals surface area contributed by atoms with Gasteiger partial charge in [0.2, 0.25) is 15.9 Å². The topological polar surface area (TPSA) is 84.9 Å². The summed E-state index contributed by atoms with van der Waals surface area (Å²) >= 11 is 0. The molecule has 0 spiro atoms. The number of sulfonamides is 1. The highest BCUT2D eigenvalue weighted by Crippen LogP contribution is 2.27. The fourth-order valence-electron chi connectivity index (χ4n) is 3.64. The van der Waals surface area contributed by atoms with Crippen molar-refractivity contribution in [1.82, 2.24) is 5.32 Å². The second-order valence-electron chi connectivity index (χ2n) is 9.56. The molecule has 0 radical (unpaired) electrons. The van der Waals surface area contributed by atoms with Crippen LogP contribution in [0, 0.1) is 0 Å². The van der Waals surface area contributed by atoms with Gasteiger partial charge in [-0.15, -0.1) is 0 Å². The number of carbonyl (C=O) groups is 1. The highest BCUT2D eigenvalue weighted by atomic mass is 32.2. The number of nitrogens with one attached hydrogen (secondary N) is 1. The molecule has 1 N–H and O–H groups in total. The number of carbonyl (C=O) groups excluding carboxylic acids is 1. The highest BCUT2D eigenvalue weighted by Gasteiger charge is 2.29. The predicted octanol–water partition coefficient (Wildman–Crippen LogP) is 5.13. The molecule has 8 heteroatoms. The zero-order valence-electron chi connectivity index (χ0n) is 21.4. The largest absolute Gasteiger partial charge is 0.492 e. The van der Waals surface area contributed by atoms with E-state index in [0.717, 1.165) is 10.6 Å². The average molecular weight is 511 g/mol. The second kappa shape index (κ2) is 11.5. The van der Waals surface area contributed by atoms with Gasteiger partial charge in [-0.3, -0.25) is 9.10 Å². The van der Waals surface area contributed by atoms with Gasteiger partial charge in [0.25, 0.3) is 0 Å². The summed E-state index contributed by atoms with van der Waals surface area (Å²) in [6, 6.07) is 22.8. The van der Waals surface area contributed by atoms with Crippen molar-refractivity contribution in [3.8, 4) is 17.2 Å². The first kappa shape index (κ1) is 27.1. The Kier molecular flexibility index (Phi) is 8.63. The number of hydrogen-bond donors (Lipinski definition) is 1. The summed E-state index contributed by atoms with van der Waals surface area (Å²) < 4.78 is 37.7. The molecule has 0 aromatic heterocycles.